The van der Waals surface area contributed by atoms with Crippen molar-refractivity contribution in [3.05, 3.63) is 101 Å². The number of carbonyl (C=O) groups is 1. The molecule has 0 bridgehead atoms. The molecule has 0 aliphatic rings. The van der Waals surface area contributed by atoms with Gasteiger partial charge in [-0.05, 0) is 22.8 Å². The van der Waals surface area contributed by atoms with Crippen molar-refractivity contribution >= 4 is 34.1 Å². The first-order chi connectivity index (χ1) is 14.5. The largest absolute Gasteiger partial charge is 0.466 e. The van der Waals surface area contributed by atoms with E-state index in [9.17, 15) is 14.9 Å². The topological polar surface area (TPSA) is 69.4 Å². The van der Waals surface area contributed by atoms with Gasteiger partial charge >= 0.3 is 5.97 Å². The zero-order valence-corrected chi connectivity index (χ0v) is 17.9. The van der Waals surface area contributed by atoms with Crippen LogP contribution in [0.25, 0.3) is 0 Å². The molecule has 0 spiro atoms. The smallest absolute Gasteiger partial charge is 0.335 e. The molecule has 0 aromatic heterocycles. The zero-order chi connectivity index (χ0) is 21.6. The maximum atomic E-state index is 13.2. The lowest BCUT2D eigenvalue weighted by Crippen LogP contribution is -2.36. The van der Waals surface area contributed by atoms with Crippen LogP contribution in [0.4, 0.5) is 0 Å². The second kappa shape index (κ2) is 9.55. The molecule has 0 N–H and O–H groups in total. The van der Waals surface area contributed by atoms with Gasteiger partial charge in [-0.1, -0.05) is 91.0 Å². The molecule has 3 aromatic rings. The van der Waals surface area contributed by atoms with Gasteiger partial charge in [0, 0.05) is 18.3 Å². The Hall–Kier alpha value is -3.17. The van der Waals surface area contributed by atoms with Crippen molar-refractivity contribution in [2.24, 2.45) is 0 Å². The third-order valence-corrected chi connectivity index (χ3v) is 9.50. The molecule has 0 aliphatic carbocycles. The molecule has 0 heterocycles. The fraction of sp³-hybridized carbons (Fsp3) is 0.167. The summed E-state index contributed by atoms with van der Waals surface area (Å²) < 4.78 is 5.19. The summed E-state index contributed by atoms with van der Waals surface area (Å²) in [5, 5.41) is 14.8. The van der Waals surface area contributed by atoms with Gasteiger partial charge < -0.3 is 4.74 Å². The lowest BCUT2D eigenvalue weighted by atomic mass is 10.2. The minimum atomic E-state index is -2.69. The van der Waals surface area contributed by atoms with Crippen LogP contribution in [0.3, 0.4) is 0 Å². The van der Waals surface area contributed by atoms with Crippen molar-refractivity contribution in [2.45, 2.75) is 19.4 Å². The van der Waals surface area contributed by atoms with E-state index in [-0.39, 0.29) is 11.3 Å². The number of rotatable bonds is 7. The fourth-order valence-electron chi connectivity index (χ4n) is 3.70. The van der Waals surface area contributed by atoms with Crippen LogP contribution in [-0.2, 0) is 9.53 Å². The summed E-state index contributed by atoms with van der Waals surface area (Å²) in [4.78, 5) is 24.4. The number of benzene rings is 3. The highest BCUT2D eigenvalue weighted by molar-refractivity contribution is 7.96. The van der Waals surface area contributed by atoms with Crippen LogP contribution < -0.4 is 15.9 Å². The van der Waals surface area contributed by atoms with Gasteiger partial charge in [0.25, 0.3) is 0 Å². The first-order valence-corrected chi connectivity index (χ1v) is 11.4. The Morgan fingerprint density at radius 3 is 1.53 bits per heavy atom. The molecule has 0 aliphatic heterocycles. The average Bonchev–Trinajstić information content (AvgIpc) is 2.80. The number of hydrogen-bond acceptors (Lipinski definition) is 4. The van der Waals surface area contributed by atoms with Crippen LogP contribution in [0.15, 0.2) is 91.0 Å². The van der Waals surface area contributed by atoms with Gasteiger partial charge in [-0.3, -0.25) is 10.1 Å². The first kappa shape index (κ1) is 21.5. The highest BCUT2D eigenvalue weighted by Crippen LogP contribution is 2.47. The van der Waals surface area contributed by atoms with Crippen molar-refractivity contribution < 1.29 is 14.5 Å². The molecule has 0 amide bonds. The SMILES string of the molecule is COC(=O)C(CC(C)[N+](=O)[O-])=P(c1ccccc1)(c1ccccc1)c1ccccc1. The summed E-state index contributed by atoms with van der Waals surface area (Å²) in [7, 11) is 1.33. The van der Waals surface area contributed by atoms with E-state index < -0.39 is 18.9 Å². The van der Waals surface area contributed by atoms with E-state index in [4.69, 9.17) is 4.74 Å². The van der Waals surface area contributed by atoms with Gasteiger partial charge in [0.15, 0.2) is 0 Å². The summed E-state index contributed by atoms with van der Waals surface area (Å²) in [6, 6.07) is 28.4. The molecule has 3 aromatic carbocycles. The standard InChI is InChI=1S/C24H24NO4P/c1-19(25(27)28)18-23(24(26)29-2)30(20-12-6-3-7-13-20,21-14-8-4-9-15-21)22-16-10-5-11-17-22/h3-17,19H,18H2,1-2H3. The molecule has 0 radical (unpaired) electrons. The van der Waals surface area contributed by atoms with Crippen molar-refractivity contribution in [2.75, 3.05) is 7.11 Å². The van der Waals surface area contributed by atoms with Gasteiger partial charge in [0.2, 0.25) is 6.04 Å². The minimum Gasteiger partial charge on any atom is -0.466 e. The molecule has 5 nitrogen and oxygen atoms in total. The summed E-state index contributed by atoms with van der Waals surface area (Å²) in [6.07, 6.45) is 0.00609. The number of carbonyl (C=O) groups excluding carboxylic acids is 1. The Labute approximate surface area is 176 Å². The van der Waals surface area contributed by atoms with E-state index in [0.717, 1.165) is 15.9 Å². The molecule has 0 fully saturated rings. The number of hydrogen-bond donors (Lipinski definition) is 0. The van der Waals surface area contributed by atoms with E-state index >= 15 is 0 Å². The molecule has 3 rings (SSSR count). The lowest BCUT2D eigenvalue weighted by Gasteiger charge is -2.32. The molecule has 0 saturated carbocycles. The monoisotopic (exact) mass is 421 g/mol. The third-order valence-electron chi connectivity index (χ3n) is 5.11. The maximum Gasteiger partial charge on any atom is 0.335 e. The van der Waals surface area contributed by atoms with Gasteiger partial charge in [-0.2, -0.15) is 0 Å². The fourth-order valence-corrected chi connectivity index (χ4v) is 8.29. The molecule has 6 heteroatoms. The lowest BCUT2D eigenvalue weighted by molar-refractivity contribution is -0.516. The van der Waals surface area contributed by atoms with Gasteiger partial charge in [-0.15, -0.1) is 0 Å². The summed E-state index contributed by atoms with van der Waals surface area (Å²) >= 11 is 0. The number of nitro groups is 1. The van der Waals surface area contributed by atoms with Gasteiger partial charge in [-0.25, -0.2) is 4.79 Å². The molecule has 1 atom stereocenters. The van der Waals surface area contributed by atoms with Crippen LogP contribution in [0.2, 0.25) is 0 Å². The Bertz CT molecular complexity index is 963. The molecule has 30 heavy (non-hydrogen) atoms. The highest BCUT2D eigenvalue weighted by atomic mass is 31.2. The first-order valence-electron chi connectivity index (χ1n) is 9.66. The normalized spacial score (nSPS) is 12.1. The third kappa shape index (κ3) is 4.07. The molecule has 0 saturated heterocycles. The molecular formula is C24H24NO4P. The van der Waals surface area contributed by atoms with Gasteiger partial charge in [0.1, 0.15) is 0 Å². The second-order valence-corrected chi connectivity index (χ2v) is 10.4. The van der Waals surface area contributed by atoms with Gasteiger partial charge in [0.05, 0.1) is 12.4 Å². The molecular weight excluding hydrogens is 397 g/mol. The van der Waals surface area contributed by atoms with Crippen LogP contribution >= 0.6 is 6.89 Å². The highest BCUT2D eigenvalue weighted by Gasteiger charge is 2.35. The Balaban J connectivity index is 2.56. The van der Waals surface area contributed by atoms with E-state index in [0.29, 0.717) is 5.29 Å². The van der Waals surface area contributed by atoms with Crippen LogP contribution in [0, 0.1) is 10.1 Å². The second-order valence-electron chi connectivity index (χ2n) is 6.95. The Morgan fingerprint density at radius 1 is 0.867 bits per heavy atom. The number of methoxy groups -OCH3 is 1. The molecule has 154 valence electrons. The number of esters is 1. The van der Waals surface area contributed by atoms with E-state index in [1.807, 2.05) is 91.0 Å². The molecule has 1 unspecified atom stereocenters. The predicted molar refractivity (Wildman–Crippen MR) is 123 cm³/mol. The summed E-state index contributed by atoms with van der Waals surface area (Å²) in [6.45, 7) is -1.17. The van der Waals surface area contributed by atoms with Crippen LogP contribution in [0.1, 0.15) is 13.3 Å². The van der Waals surface area contributed by atoms with E-state index in [2.05, 4.69) is 0 Å². The Kier molecular flexibility index (Phi) is 6.86. The van der Waals surface area contributed by atoms with Crippen molar-refractivity contribution in [3.63, 3.8) is 0 Å². The minimum absolute atomic E-state index is 0.00609. The predicted octanol–water partition coefficient (Wildman–Crippen LogP) is 3.38. The van der Waals surface area contributed by atoms with Crippen molar-refractivity contribution in [3.8, 4) is 0 Å². The quantitative estimate of drug-likeness (QED) is 0.254. The summed E-state index contributed by atoms with van der Waals surface area (Å²) in [5.41, 5.74) is 0. The van der Waals surface area contributed by atoms with Crippen molar-refractivity contribution in [1.29, 1.82) is 0 Å². The van der Waals surface area contributed by atoms with Crippen molar-refractivity contribution in [1.82, 2.24) is 0 Å². The average molecular weight is 421 g/mol. The number of nitrogens with zero attached hydrogens (tertiary/aromatic N) is 1. The number of ether oxygens (including phenoxy) is 1. The zero-order valence-electron chi connectivity index (χ0n) is 17.0. The summed E-state index contributed by atoms with van der Waals surface area (Å²) in [5.74, 6) is -0.506. The Morgan fingerprint density at radius 2 is 1.23 bits per heavy atom. The van der Waals surface area contributed by atoms with Crippen LogP contribution in [-0.4, -0.2) is 29.3 Å². The maximum absolute atomic E-state index is 13.2. The van der Waals surface area contributed by atoms with E-state index in [1.54, 1.807) is 0 Å². The van der Waals surface area contributed by atoms with E-state index in [1.165, 1.54) is 14.0 Å². The van der Waals surface area contributed by atoms with Crippen LogP contribution in [0.5, 0.6) is 0 Å².